The summed E-state index contributed by atoms with van der Waals surface area (Å²) in [6, 6.07) is 11.6. The van der Waals surface area contributed by atoms with Gasteiger partial charge in [-0.1, -0.05) is 41.1 Å². The third kappa shape index (κ3) is 3.67. The molecule has 1 amide bonds. The van der Waals surface area contributed by atoms with E-state index in [9.17, 15) is 4.79 Å². The number of halogens is 1. The van der Waals surface area contributed by atoms with E-state index in [4.69, 9.17) is 9.47 Å². The van der Waals surface area contributed by atoms with E-state index in [0.29, 0.717) is 24.7 Å². The van der Waals surface area contributed by atoms with Gasteiger partial charge in [-0.05, 0) is 35.7 Å². The summed E-state index contributed by atoms with van der Waals surface area (Å²) in [4.78, 5) is 12.4. The molecule has 0 saturated carbocycles. The minimum absolute atomic E-state index is 0.0525. The van der Waals surface area contributed by atoms with E-state index in [1.165, 1.54) is 0 Å². The summed E-state index contributed by atoms with van der Waals surface area (Å²) in [5, 5.41) is 2.99. The predicted molar refractivity (Wildman–Crippen MR) is 93.3 cm³/mol. The molecule has 1 aliphatic rings. The van der Waals surface area contributed by atoms with Crippen molar-refractivity contribution in [3.8, 4) is 11.5 Å². The average Bonchev–Trinajstić information content (AvgIpc) is 2.56. The molecule has 0 aromatic heterocycles. The summed E-state index contributed by atoms with van der Waals surface area (Å²) in [6.07, 6.45) is 1.15. The second kappa shape index (κ2) is 7.04. The number of amides is 1. The molecule has 5 heteroatoms. The highest BCUT2D eigenvalue weighted by atomic mass is 79.9. The summed E-state index contributed by atoms with van der Waals surface area (Å²) in [7, 11) is 0. The Hall–Kier alpha value is -2.01. The largest absolute Gasteiger partial charge is 0.486 e. The van der Waals surface area contributed by atoms with Gasteiger partial charge in [-0.25, -0.2) is 0 Å². The number of fused-ring (bicyclic) bond motifs is 1. The maximum absolute atomic E-state index is 12.4. The molecule has 0 saturated heterocycles. The first-order valence-electron chi connectivity index (χ1n) is 7.63. The Kier molecular flexibility index (Phi) is 4.86. The fourth-order valence-electron chi connectivity index (χ4n) is 2.56. The highest BCUT2D eigenvalue weighted by molar-refractivity contribution is 9.10. The van der Waals surface area contributed by atoms with Crippen molar-refractivity contribution in [2.24, 2.45) is 0 Å². The molecular formula is C18H18BrNO3. The quantitative estimate of drug-likeness (QED) is 0.879. The molecule has 1 N–H and O–H groups in total. The van der Waals surface area contributed by atoms with Crippen LogP contribution in [0.4, 0.5) is 5.69 Å². The molecule has 0 aliphatic carbocycles. The molecule has 23 heavy (non-hydrogen) atoms. The van der Waals surface area contributed by atoms with E-state index in [1.54, 1.807) is 0 Å². The Labute approximate surface area is 143 Å². The topological polar surface area (TPSA) is 47.6 Å². The van der Waals surface area contributed by atoms with Crippen molar-refractivity contribution < 1.29 is 14.3 Å². The van der Waals surface area contributed by atoms with Crippen LogP contribution in [0.15, 0.2) is 40.9 Å². The summed E-state index contributed by atoms with van der Waals surface area (Å²) in [5.74, 6) is 1.35. The standard InChI is InChI=1S/C18H18BrNO3/c1-2-12-5-3-4-6-15(12)20-18(21)10-13-9-16-17(11-14(13)19)23-8-7-22-16/h3-6,9,11H,2,7-8,10H2,1H3,(H,20,21). The highest BCUT2D eigenvalue weighted by Crippen LogP contribution is 2.35. The van der Waals surface area contributed by atoms with E-state index in [0.717, 1.165) is 27.7 Å². The number of rotatable bonds is 4. The zero-order chi connectivity index (χ0) is 16.2. The van der Waals surface area contributed by atoms with Crippen LogP contribution in [0.2, 0.25) is 0 Å². The fourth-order valence-corrected chi connectivity index (χ4v) is 3.02. The molecule has 2 aromatic rings. The minimum Gasteiger partial charge on any atom is -0.486 e. The van der Waals surface area contributed by atoms with Crippen molar-refractivity contribution in [1.29, 1.82) is 0 Å². The van der Waals surface area contributed by atoms with Gasteiger partial charge in [0.05, 0.1) is 6.42 Å². The van der Waals surface area contributed by atoms with Crippen LogP contribution in [0.1, 0.15) is 18.1 Å². The van der Waals surface area contributed by atoms with Gasteiger partial charge in [-0.2, -0.15) is 0 Å². The maximum Gasteiger partial charge on any atom is 0.228 e. The lowest BCUT2D eigenvalue weighted by atomic mass is 10.1. The van der Waals surface area contributed by atoms with Crippen molar-refractivity contribution in [1.82, 2.24) is 0 Å². The summed E-state index contributed by atoms with van der Waals surface area (Å²) in [6.45, 7) is 3.15. The predicted octanol–water partition coefficient (Wildman–Crippen LogP) is 3.96. The van der Waals surface area contributed by atoms with Gasteiger partial charge in [-0.3, -0.25) is 4.79 Å². The number of carbonyl (C=O) groups is 1. The Bertz CT molecular complexity index is 730. The first kappa shape index (κ1) is 15.9. The second-order valence-electron chi connectivity index (χ2n) is 5.32. The van der Waals surface area contributed by atoms with Crippen LogP contribution in [0, 0.1) is 0 Å². The molecule has 2 aromatic carbocycles. The molecule has 0 bridgehead atoms. The lowest BCUT2D eigenvalue weighted by Crippen LogP contribution is -2.18. The smallest absolute Gasteiger partial charge is 0.228 e. The number of carbonyl (C=O) groups excluding carboxylic acids is 1. The number of aryl methyl sites for hydroxylation is 1. The summed E-state index contributed by atoms with van der Waals surface area (Å²) in [5.41, 5.74) is 2.87. The number of hydrogen-bond donors (Lipinski definition) is 1. The molecule has 1 aliphatic heterocycles. The molecular weight excluding hydrogens is 358 g/mol. The van der Waals surface area contributed by atoms with Crippen molar-refractivity contribution in [2.75, 3.05) is 18.5 Å². The van der Waals surface area contributed by atoms with Crippen LogP contribution in [-0.2, 0) is 17.6 Å². The normalized spacial score (nSPS) is 12.8. The van der Waals surface area contributed by atoms with E-state index < -0.39 is 0 Å². The Balaban J connectivity index is 1.75. The third-order valence-corrected chi connectivity index (χ3v) is 4.47. The molecule has 120 valence electrons. The van der Waals surface area contributed by atoms with Gasteiger partial charge in [0.1, 0.15) is 13.2 Å². The van der Waals surface area contributed by atoms with Gasteiger partial charge >= 0.3 is 0 Å². The van der Waals surface area contributed by atoms with Crippen molar-refractivity contribution in [3.05, 3.63) is 52.0 Å². The molecule has 0 radical (unpaired) electrons. The second-order valence-corrected chi connectivity index (χ2v) is 6.18. The fraction of sp³-hybridized carbons (Fsp3) is 0.278. The van der Waals surface area contributed by atoms with Gasteiger partial charge < -0.3 is 14.8 Å². The number of hydrogen-bond acceptors (Lipinski definition) is 3. The Morgan fingerprint density at radius 3 is 2.57 bits per heavy atom. The number of benzene rings is 2. The first-order chi connectivity index (χ1) is 11.2. The van der Waals surface area contributed by atoms with Crippen LogP contribution >= 0.6 is 15.9 Å². The van der Waals surface area contributed by atoms with Crippen LogP contribution in [0.5, 0.6) is 11.5 Å². The summed E-state index contributed by atoms with van der Waals surface area (Å²) < 4.78 is 12.0. The van der Waals surface area contributed by atoms with Crippen LogP contribution in [0.25, 0.3) is 0 Å². The number of para-hydroxylation sites is 1. The number of ether oxygens (including phenoxy) is 2. The number of anilines is 1. The third-order valence-electron chi connectivity index (χ3n) is 3.73. The molecule has 0 atom stereocenters. The van der Waals surface area contributed by atoms with Crippen molar-refractivity contribution in [3.63, 3.8) is 0 Å². The monoisotopic (exact) mass is 375 g/mol. The summed E-state index contributed by atoms with van der Waals surface area (Å²) >= 11 is 3.50. The maximum atomic E-state index is 12.4. The highest BCUT2D eigenvalue weighted by Gasteiger charge is 2.17. The molecule has 0 unspecified atom stereocenters. The molecule has 0 fully saturated rings. The van der Waals surface area contributed by atoms with E-state index in [-0.39, 0.29) is 12.3 Å². The lowest BCUT2D eigenvalue weighted by Gasteiger charge is -2.20. The van der Waals surface area contributed by atoms with Gasteiger partial charge in [0.15, 0.2) is 11.5 Å². The van der Waals surface area contributed by atoms with Crippen LogP contribution < -0.4 is 14.8 Å². The minimum atomic E-state index is -0.0525. The molecule has 3 rings (SSSR count). The zero-order valence-electron chi connectivity index (χ0n) is 12.9. The first-order valence-corrected chi connectivity index (χ1v) is 8.42. The van der Waals surface area contributed by atoms with Crippen molar-refractivity contribution in [2.45, 2.75) is 19.8 Å². The van der Waals surface area contributed by atoms with E-state index in [1.807, 2.05) is 36.4 Å². The van der Waals surface area contributed by atoms with Crippen LogP contribution in [0.3, 0.4) is 0 Å². The SMILES string of the molecule is CCc1ccccc1NC(=O)Cc1cc2c(cc1Br)OCCO2. The molecule has 1 heterocycles. The van der Waals surface area contributed by atoms with E-state index >= 15 is 0 Å². The van der Waals surface area contributed by atoms with Crippen molar-refractivity contribution >= 4 is 27.5 Å². The average molecular weight is 376 g/mol. The number of nitrogens with one attached hydrogen (secondary N) is 1. The Morgan fingerprint density at radius 1 is 1.13 bits per heavy atom. The lowest BCUT2D eigenvalue weighted by molar-refractivity contribution is -0.115. The zero-order valence-corrected chi connectivity index (χ0v) is 14.5. The van der Waals surface area contributed by atoms with Gasteiger partial charge in [0.25, 0.3) is 0 Å². The van der Waals surface area contributed by atoms with Gasteiger partial charge in [0, 0.05) is 10.2 Å². The molecule has 4 nitrogen and oxygen atoms in total. The molecule has 0 spiro atoms. The van der Waals surface area contributed by atoms with Crippen LogP contribution in [-0.4, -0.2) is 19.1 Å². The van der Waals surface area contributed by atoms with Gasteiger partial charge in [-0.15, -0.1) is 0 Å². The Morgan fingerprint density at radius 2 is 1.83 bits per heavy atom. The van der Waals surface area contributed by atoms with Gasteiger partial charge in [0.2, 0.25) is 5.91 Å². The van der Waals surface area contributed by atoms with E-state index in [2.05, 4.69) is 28.2 Å².